The van der Waals surface area contributed by atoms with Crippen molar-refractivity contribution in [3.05, 3.63) is 54.0 Å². The van der Waals surface area contributed by atoms with Crippen LogP contribution in [0.2, 0.25) is 0 Å². The molecule has 0 radical (unpaired) electrons. The van der Waals surface area contributed by atoms with E-state index in [4.69, 9.17) is 0 Å². The third-order valence-corrected chi connectivity index (χ3v) is 5.14. The highest BCUT2D eigenvalue weighted by atomic mass is 16.2. The summed E-state index contributed by atoms with van der Waals surface area (Å²) < 4.78 is 2.14. The van der Waals surface area contributed by atoms with Gasteiger partial charge in [0.2, 0.25) is 5.95 Å². The SMILES string of the molecule is CCn1c(C(=O)N2CCN(c3ncccn3)CC2)c(C)c2ccccc21. The minimum absolute atomic E-state index is 0.120. The fraction of sp³-hybridized carbons (Fsp3) is 0.350. The zero-order valence-electron chi connectivity index (χ0n) is 15.2. The predicted octanol–water partition coefficient (Wildman–Crippen LogP) is 2.72. The van der Waals surface area contributed by atoms with Crippen LogP contribution in [0.3, 0.4) is 0 Å². The minimum atomic E-state index is 0.120. The lowest BCUT2D eigenvalue weighted by Crippen LogP contribution is -2.49. The largest absolute Gasteiger partial charge is 0.337 e. The van der Waals surface area contributed by atoms with E-state index in [2.05, 4.69) is 45.4 Å². The van der Waals surface area contributed by atoms with Gasteiger partial charge < -0.3 is 14.4 Å². The van der Waals surface area contributed by atoms with Gasteiger partial charge in [-0.15, -0.1) is 0 Å². The summed E-state index contributed by atoms with van der Waals surface area (Å²) >= 11 is 0. The number of aromatic nitrogens is 3. The quantitative estimate of drug-likeness (QED) is 0.730. The van der Waals surface area contributed by atoms with Gasteiger partial charge in [-0.05, 0) is 31.5 Å². The average Bonchev–Trinajstić information content (AvgIpc) is 3.00. The lowest BCUT2D eigenvalue weighted by molar-refractivity contribution is 0.0735. The van der Waals surface area contributed by atoms with Gasteiger partial charge >= 0.3 is 0 Å². The Labute approximate surface area is 153 Å². The molecule has 1 fully saturated rings. The first-order chi connectivity index (χ1) is 12.7. The van der Waals surface area contributed by atoms with Gasteiger partial charge in [0.05, 0.1) is 0 Å². The first-order valence-electron chi connectivity index (χ1n) is 9.09. The van der Waals surface area contributed by atoms with Crippen LogP contribution in [0.5, 0.6) is 0 Å². The van der Waals surface area contributed by atoms with Gasteiger partial charge in [-0.2, -0.15) is 0 Å². The number of nitrogens with zero attached hydrogens (tertiary/aromatic N) is 5. The lowest BCUT2D eigenvalue weighted by Gasteiger charge is -2.35. The van der Waals surface area contributed by atoms with Crippen molar-refractivity contribution in [1.82, 2.24) is 19.4 Å². The maximum Gasteiger partial charge on any atom is 0.270 e. The van der Waals surface area contributed by atoms with Gasteiger partial charge in [0, 0.05) is 56.0 Å². The van der Waals surface area contributed by atoms with Crippen LogP contribution in [0.1, 0.15) is 23.0 Å². The molecule has 0 atom stereocenters. The first-order valence-corrected chi connectivity index (χ1v) is 9.09. The van der Waals surface area contributed by atoms with Crippen LogP contribution in [0.15, 0.2) is 42.7 Å². The second kappa shape index (κ2) is 6.78. The van der Waals surface area contributed by atoms with Gasteiger partial charge in [0.1, 0.15) is 5.69 Å². The van der Waals surface area contributed by atoms with Crippen molar-refractivity contribution in [2.75, 3.05) is 31.1 Å². The molecule has 1 aromatic carbocycles. The average molecular weight is 349 g/mol. The molecule has 4 rings (SSSR count). The highest BCUT2D eigenvalue weighted by Crippen LogP contribution is 2.27. The fourth-order valence-corrected chi connectivity index (χ4v) is 3.79. The van der Waals surface area contributed by atoms with Crippen LogP contribution in [0, 0.1) is 6.92 Å². The first kappa shape index (κ1) is 16.6. The molecule has 1 saturated heterocycles. The molecule has 1 aliphatic heterocycles. The molecular weight excluding hydrogens is 326 g/mol. The summed E-state index contributed by atoms with van der Waals surface area (Å²) in [7, 11) is 0. The molecule has 0 bridgehead atoms. The van der Waals surface area contributed by atoms with Crippen molar-refractivity contribution in [3.8, 4) is 0 Å². The van der Waals surface area contributed by atoms with Crippen molar-refractivity contribution in [2.24, 2.45) is 0 Å². The van der Waals surface area contributed by atoms with E-state index in [1.807, 2.05) is 23.1 Å². The zero-order chi connectivity index (χ0) is 18.1. The van der Waals surface area contributed by atoms with Gasteiger partial charge in [0.15, 0.2) is 0 Å². The van der Waals surface area contributed by atoms with Crippen molar-refractivity contribution >= 4 is 22.8 Å². The molecule has 134 valence electrons. The Morgan fingerprint density at radius 1 is 1.04 bits per heavy atom. The topological polar surface area (TPSA) is 54.3 Å². The van der Waals surface area contributed by atoms with Crippen LogP contribution in [0.25, 0.3) is 10.9 Å². The van der Waals surface area contributed by atoms with Gasteiger partial charge in [-0.25, -0.2) is 9.97 Å². The molecule has 0 aliphatic carbocycles. The third-order valence-electron chi connectivity index (χ3n) is 5.14. The summed E-state index contributed by atoms with van der Waals surface area (Å²) in [5.41, 5.74) is 3.02. The number of rotatable bonds is 3. The smallest absolute Gasteiger partial charge is 0.270 e. The molecule has 3 heterocycles. The third kappa shape index (κ3) is 2.71. The summed E-state index contributed by atoms with van der Waals surface area (Å²) in [6.07, 6.45) is 3.51. The Bertz CT molecular complexity index is 926. The highest BCUT2D eigenvalue weighted by Gasteiger charge is 2.27. The molecular formula is C20H23N5O. The van der Waals surface area contributed by atoms with Crippen molar-refractivity contribution in [1.29, 1.82) is 0 Å². The fourth-order valence-electron chi connectivity index (χ4n) is 3.79. The molecule has 2 aromatic heterocycles. The number of carbonyl (C=O) groups is 1. The van der Waals surface area contributed by atoms with Crippen LogP contribution in [0.4, 0.5) is 5.95 Å². The van der Waals surface area contributed by atoms with Crippen molar-refractivity contribution in [2.45, 2.75) is 20.4 Å². The maximum absolute atomic E-state index is 13.3. The van der Waals surface area contributed by atoms with Crippen molar-refractivity contribution in [3.63, 3.8) is 0 Å². The Morgan fingerprint density at radius 3 is 2.42 bits per heavy atom. The number of aryl methyl sites for hydroxylation is 2. The number of benzene rings is 1. The molecule has 0 N–H and O–H groups in total. The highest BCUT2D eigenvalue weighted by molar-refractivity contribution is 6.01. The molecule has 6 heteroatoms. The molecule has 1 amide bonds. The zero-order valence-corrected chi connectivity index (χ0v) is 15.2. The van der Waals surface area contributed by atoms with Crippen LogP contribution in [-0.2, 0) is 6.54 Å². The Morgan fingerprint density at radius 2 is 1.73 bits per heavy atom. The van der Waals surface area contributed by atoms with Gasteiger partial charge in [-0.1, -0.05) is 18.2 Å². The Hall–Kier alpha value is -2.89. The number of anilines is 1. The maximum atomic E-state index is 13.3. The van der Waals surface area contributed by atoms with Gasteiger partial charge in [-0.3, -0.25) is 4.79 Å². The summed E-state index contributed by atoms with van der Waals surface area (Å²) in [5, 5.41) is 1.16. The monoisotopic (exact) mass is 349 g/mol. The molecule has 1 aliphatic rings. The summed E-state index contributed by atoms with van der Waals surface area (Å²) in [6.45, 7) is 7.79. The van der Waals surface area contributed by atoms with E-state index in [1.165, 1.54) is 0 Å². The van der Waals surface area contributed by atoms with E-state index >= 15 is 0 Å². The number of hydrogen-bond acceptors (Lipinski definition) is 4. The van der Waals surface area contributed by atoms with Crippen LogP contribution < -0.4 is 4.90 Å². The molecule has 0 unspecified atom stereocenters. The summed E-state index contributed by atoms with van der Waals surface area (Å²) in [4.78, 5) is 26.0. The number of carbonyl (C=O) groups excluding carboxylic acids is 1. The number of para-hydroxylation sites is 1. The van der Waals surface area contributed by atoms with E-state index in [0.29, 0.717) is 13.1 Å². The van der Waals surface area contributed by atoms with E-state index in [-0.39, 0.29) is 5.91 Å². The van der Waals surface area contributed by atoms with Gasteiger partial charge in [0.25, 0.3) is 5.91 Å². The van der Waals surface area contributed by atoms with Crippen LogP contribution in [-0.4, -0.2) is 51.5 Å². The Kier molecular flexibility index (Phi) is 4.32. The number of fused-ring (bicyclic) bond motifs is 1. The number of hydrogen-bond donors (Lipinski definition) is 0. The minimum Gasteiger partial charge on any atom is -0.337 e. The second-order valence-electron chi connectivity index (χ2n) is 6.56. The van der Waals surface area contributed by atoms with Crippen LogP contribution >= 0.6 is 0 Å². The van der Waals surface area contributed by atoms with E-state index in [0.717, 1.165) is 47.7 Å². The van der Waals surface area contributed by atoms with E-state index in [1.54, 1.807) is 12.4 Å². The summed E-state index contributed by atoms with van der Waals surface area (Å²) in [5.74, 6) is 0.854. The summed E-state index contributed by atoms with van der Waals surface area (Å²) in [6, 6.07) is 10.1. The van der Waals surface area contributed by atoms with E-state index in [9.17, 15) is 4.79 Å². The standard InChI is InChI=1S/C20H23N5O/c1-3-25-17-8-5-4-7-16(17)15(2)18(25)19(26)23-11-13-24(14-12-23)20-21-9-6-10-22-20/h4-10H,3,11-14H2,1-2H3. The lowest BCUT2D eigenvalue weighted by atomic mass is 10.1. The predicted molar refractivity (Wildman–Crippen MR) is 102 cm³/mol. The number of amides is 1. The molecule has 26 heavy (non-hydrogen) atoms. The second-order valence-corrected chi connectivity index (χ2v) is 6.56. The molecule has 3 aromatic rings. The Balaban J connectivity index is 1.58. The van der Waals surface area contributed by atoms with E-state index < -0.39 is 0 Å². The van der Waals surface area contributed by atoms with Crippen molar-refractivity contribution < 1.29 is 4.79 Å². The normalized spacial score (nSPS) is 14.8. The number of piperazine rings is 1. The molecule has 6 nitrogen and oxygen atoms in total. The molecule has 0 spiro atoms. The molecule has 0 saturated carbocycles.